The predicted octanol–water partition coefficient (Wildman–Crippen LogP) is 2.18. The highest BCUT2D eigenvalue weighted by molar-refractivity contribution is 5.42. The van der Waals surface area contributed by atoms with Crippen molar-refractivity contribution in [3.63, 3.8) is 0 Å². The molecular formula is C19H26N6. The predicted molar refractivity (Wildman–Crippen MR) is 99.8 cm³/mol. The molecule has 0 saturated carbocycles. The van der Waals surface area contributed by atoms with Crippen molar-refractivity contribution in [1.82, 2.24) is 20.1 Å². The first-order valence-corrected chi connectivity index (χ1v) is 9.34. The number of benzene rings is 1. The van der Waals surface area contributed by atoms with E-state index in [4.69, 9.17) is 4.98 Å². The summed E-state index contributed by atoms with van der Waals surface area (Å²) in [5, 5.41) is 8.50. The molecule has 1 aromatic carbocycles. The lowest BCUT2D eigenvalue weighted by atomic mass is 10.1. The maximum atomic E-state index is 4.79. The van der Waals surface area contributed by atoms with Gasteiger partial charge in [0.25, 0.3) is 0 Å². The molecule has 2 aromatic rings. The van der Waals surface area contributed by atoms with Gasteiger partial charge in [0.2, 0.25) is 5.95 Å². The number of nitrogens with zero attached hydrogens (tertiary/aromatic N) is 6. The Morgan fingerprint density at radius 2 is 1.56 bits per heavy atom. The van der Waals surface area contributed by atoms with Gasteiger partial charge in [-0.2, -0.15) is 10.1 Å². The summed E-state index contributed by atoms with van der Waals surface area (Å²) in [7, 11) is 0. The summed E-state index contributed by atoms with van der Waals surface area (Å²) in [5.41, 5.74) is 1.38. The van der Waals surface area contributed by atoms with E-state index in [1.54, 1.807) is 6.20 Å². The van der Waals surface area contributed by atoms with E-state index in [0.29, 0.717) is 0 Å². The monoisotopic (exact) mass is 338 g/mol. The van der Waals surface area contributed by atoms with Gasteiger partial charge < -0.3 is 9.80 Å². The molecule has 2 saturated heterocycles. The molecule has 0 atom stereocenters. The number of hydrogen-bond acceptors (Lipinski definition) is 6. The molecule has 0 spiro atoms. The van der Waals surface area contributed by atoms with Crippen LogP contribution in [0.5, 0.6) is 0 Å². The summed E-state index contributed by atoms with van der Waals surface area (Å²) in [6, 6.07) is 10.7. The van der Waals surface area contributed by atoms with Gasteiger partial charge >= 0.3 is 0 Å². The zero-order valence-corrected chi connectivity index (χ0v) is 14.7. The molecule has 0 N–H and O–H groups in total. The van der Waals surface area contributed by atoms with Gasteiger partial charge in [-0.1, -0.05) is 30.3 Å². The lowest BCUT2D eigenvalue weighted by Crippen LogP contribution is -2.46. The second kappa shape index (κ2) is 7.78. The van der Waals surface area contributed by atoms with Crippen LogP contribution < -0.4 is 9.80 Å². The Labute approximate surface area is 149 Å². The summed E-state index contributed by atoms with van der Waals surface area (Å²) in [6.07, 6.45) is 5.63. The van der Waals surface area contributed by atoms with Gasteiger partial charge in [-0.25, -0.2) is 0 Å². The number of aromatic nitrogens is 3. The second-order valence-corrected chi connectivity index (χ2v) is 6.91. The van der Waals surface area contributed by atoms with E-state index in [9.17, 15) is 0 Å². The van der Waals surface area contributed by atoms with Crippen LogP contribution in [-0.2, 0) is 6.54 Å². The highest BCUT2D eigenvalue weighted by Crippen LogP contribution is 2.19. The maximum Gasteiger partial charge on any atom is 0.247 e. The summed E-state index contributed by atoms with van der Waals surface area (Å²) in [6.45, 7) is 7.17. The van der Waals surface area contributed by atoms with E-state index < -0.39 is 0 Å². The third-order valence-electron chi connectivity index (χ3n) is 5.12. The molecule has 4 rings (SSSR count). The fraction of sp³-hybridized carbons (Fsp3) is 0.526. The lowest BCUT2D eigenvalue weighted by molar-refractivity contribution is 0.248. The Bertz CT molecular complexity index is 663. The van der Waals surface area contributed by atoms with Crippen molar-refractivity contribution in [2.45, 2.75) is 25.8 Å². The van der Waals surface area contributed by atoms with Crippen molar-refractivity contribution < 1.29 is 0 Å². The molecule has 6 heteroatoms. The van der Waals surface area contributed by atoms with Gasteiger partial charge in [0.1, 0.15) is 0 Å². The van der Waals surface area contributed by atoms with E-state index in [0.717, 1.165) is 57.6 Å². The van der Waals surface area contributed by atoms with E-state index in [1.807, 2.05) is 0 Å². The summed E-state index contributed by atoms with van der Waals surface area (Å²) >= 11 is 0. The Kier molecular flexibility index (Phi) is 5.06. The first kappa shape index (κ1) is 16.3. The molecule has 2 aliphatic rings. The van der Waals surface area contributed by atoms with Crippen LogP contribution in [0.4, 0.5) is 11.8 Å². The minimum absolute atomic E-state index is 0.780. The van der Waals surface area contributed by atoms with Crippen molar-refractivity contribution in [3.8, 4) is 0 Å². The quantitative estimate of drug-likeness (QED) is 0.852. The van der Waals surface area contributed by atoms with Crippen molar-refractivity contribution in [2.24, 2.45) is 0 Å². The SMILES string of the molecule is c1ccc(CN2CCN(c3nncc(N4CCCCC4)n3)CC2)cc1. The van der Waals surface area contributed by atoms with Gasteiger partial charge in [-0.15, -0.1) is 5.10 Å². The normalized spacial score (nSPS) is 19.2. The largest absolute Gasteiger partial charge is 0.355 e. The van der Waals surface area contributed by atoms with Crippen LogP contribution in [0, 0.1) is 0 Å². The molecule has 2 fully saturated rings. The summed E-state index contributed by atoms with van der Waals surface area (Å²) in [5.74, 6) is 1.76. The molecule has 0 radical (unpaired) electrons. The zero-order valence-electron chi connectivity index (χ0n) is 14.7. The molecule has 6 nitrogen and oxygen atoms in total. The molecule has 0 amide bonds. The average Bonchev–Trinajstić information content (AvgIpc) is 2.70. The Balaban J connectivity index is 1.36. The van der Waals surface area contributed by atoms with Crippen LogP contribution in [0.1, 0.15) is 24.8 Å². The molecule has 25 heavy (non-hydrogen) atoms. The second-order valence-electron chi connectivity index (χ2n) is 6.91. The molecule has 1 aromatic heterocycles. The third kappa shape index (κ3) is 4.07. The number of hydrogen-bond donors (Lipinski definition) is 0. The topological polar surface area (TPSA) is 48.4 Å². The molecular weight excluding hydrogens is 312 g/mol. The molecule has 2 aliphatic heterocycles. The van der Waals surface area contributed by atoms with Crippen LogP contribution in [-0.4, -0.2) is 59.3 Å². The fourth-order valence-corrected chi connectivity index (χ4v) is 3.64. The van der Waals surface area contributed by atoms with Gasteiger partial charge in [0, 0.05) is 45.8 Å². The standard InChI is InChI=1S/C19H26N6/c1-3-7-17(8-4-1)16-23-11-13-25(14-12-23)19-21-18(15-20-22-19)24-9-5-2-6-10-24/h1,3-4,7-8,15H,2,5-6,9-14,16H2. The van der Waals surface area contributed by atoms with E-state index >= 15 is 0 Å². The van der Waals surface area contributed by atoms with E-state index in [2.05, 4.69) is 55.2 Å². The Morgan fingerprint density at radius 1 is 0.800 bits per heavy atom. The molecule has 0 unspecified atom stereocenters. The first-order chi connectivity index (χ1) is 12.4. The Hall–Kier alpha value is -2.21. The van der Waals surface area contributed by atoms with Crippen LogP contribution in [0.25, 0.3) is 0 Å². The van der Waals surface area contributed by atoms with Gasteiger partial charge in [-0.3, -0.25) is 4.90 Å². The minimum Gasteiger partial charge on any atom is -0.355 e. The van der Waals surface area contributed by atoms with E-state index in [-0.39, 0.29) is 0 Å². The molecule has 132 valence electrons. The van der Waals surface area contributed by atoms with Crippen molar-refractivity contribution in [2.75, 3.05) is 49.1 Å². The van der Waals surface area contributed by atoms with Crippen LogP contribution in [0.15, 0.2) is 36.5 Å². The highest BCUT2D eigenvalue weighted by atomic mass is 15.4. The van der Waals surface area contributed by atoms with Gasteiger partial charge in [0.15, 0.2) is 5.82 Å². The van der Waals surface area contributed by atoms with Crippen LogP contribution >= 0.6 is 0 Å². The van der Waals surface area contributed by atoms with Gasteiger partial charge in [0.05, 0.1) is 6.20 Å². The van der Waals surface area contributed by atoms with Gasteiger partial charge in [-0.05, 0) is 24.8 Å². The Morgan fingerprint density at radius 3 is 2.32 bits per heavy atom. The fourth-order valence-electron chi connectivity index (χ4n) is 3.64. The van der Waals surface area contributed by atoms with Crippen molar-refractivity contribution >= 4 is 11.8 Å². The third-order valence-corrected chi connectivity index (χ3v) is 5.12. The van der Waals surface area contributed by atoms with E-state index in [1.165, 1.54) is 24.8 Å². The highest BCUT2D eigenvalue weighted by Gasteiger charge is 2.21. The molecule has 0 aliphatic carbocycles. The molecule has 3 heterocycles. The minimum atomic E-state index is 0.780. The zero-order chi connectivity index (χ0) is 16.9. The van der Waals surface area contributed by atoms with Crippen LogP contribution in [0.3, 0.4) is 0 Å². The van der Waals surface area contributed by atoms with Crippen LogP contribution in [0.2, 0.25) is 0 Å². The number of rotatable bonds is 4. The first-order valence-electron chi connectivity index (χ1n) is 9.34. The summed E-state index contributed by atoms with van der Waals surface area (Å²) in [4.78, 5) is 11.9. The number of piperidine rings is 1. The average molecular weight is 338 g/mol. The number of piperazine rings is 1. The smallest absolute Gasteiger partial charge is 0.247 e. The maximum absolute atomic E-state index is 4.79. The van der Waals surface area contributed by atoms with Crippen molar-refractivity contribution in [3.05, 3.63) is 42.1 Å². The molecule has 0 bridgehead atoms. The van der Waals surface area contributed by atoms with Crippen molar-refractivity contribution in [1.29, 1.82) is 0 Å². The lowest BCUT2D eigenvalue weighted by Gasteiger charge is -2.35. The number of anilines is 2. The summed E-state index contributed by atoms with van der Waals surface area (Å²) < 4.78 is 0.